The molecule has 0 saturated heterocycles. The lowest BCUT2D eigenvalue weighted by atomic mass is 9.85. The number of hydrogen-bond acceptors (Lipinski definition) is 14. The molecule has 16 heteroatoms. The molecular weight excluding hydrogens is 859 g/mol. The molecule has 0 aromatic rings. The third-order valence-electron chi connectivity index (χ3n) is 10.7. The van der Waals surface area contributed by atoms with Gasteiger partial charge in [-0.05, 0) is 83.5 Å². The Morgan fingerprint density at radius 2 is 1.03 bits per heavy atom. The maximum absolute atomic E-state index is 12.8. The van der Waals surface area contributed by atoms with Gasteiger partial charge in [-0.3, -0.25) is 18.6 Å². The van der Waals surface area contributed by atoms with Crippen molar-refractivity contribution in [2.45, 2.75) is 210 Å². The van der Waals surface area contributed by atoms with Crippen molar-refractivity contribution < 1.29 is 73.3 Å². The Bertz CT molecular complexity index is 1450. The lowest BCUT2D eigenvalue weighted by molar-refractivity contribution is -0.220. The maximum atomic E-state index is 12.8. The number of phosphoric ester groups is 1. The molecule has 65 heavy (non-hydrogen) atoms. The van der Waals surface area contributed by atoms with Gasteiger partial charge in [-0.15, -0.1) is 0 Å². The number of hydrogen-bond donors (Lipinski definition) is 8. The van der Waals surface area contributed by atoms with E-state index in [1.54, 1.807) is 6.08 Å². The molecule has 0 aromatic carbocycles. The second kappa shape index (κ2) is 38.2. The molecule has 0 aliphatic heterocycles. The topological polar surface area (TPSA) is 250 Å². The Morgan fingerprint density at radius 1 is 0.554 bits per heavy atom. The van der Waals surface area contributed by atoms with Crippen molar-refractivity contribution in [2.24, 2.45) is 0 Å². The molecule has 15 nitrogen and oxygen atoms in total. The zero-order valence-corrected chi connectivity index (χ0v) is 39.9. The molecule has 0 amide bonds. The third kappa shape index (κ3) is 30.3. The van der Waals surface area contributed by atoms with Crippen LogP contribution in [0.5, 0.6) is 0 Å². The highest BCUT2D eigenvalue weighted by atomic mass is 31.2. The number of carbonyl (C=O) groups excluding carboxylic acids is 2. The molecule has 1 fully saturated rings. The van der Waals surface area contributed by atoms with E-state index < -0.39 is 87.9 Å². The monoisotopic (exact) mass is 943 g/mol. The fraction of sp³-hybridized carbons (Fsp3) is 0.714. The van der Waals surface area contributed by atoms with Crippen molar-refractivity contribution in [3.63, 3.8) is 0 Å². The minimum absolute atomic E-state index is 0.0623. The molecule has 374 valence electrons. The van der Waals surface area contributed by atoms with Crippen molar-refractivity contribution in [3.05, 3.63) is 72.9 Å². The van der Waals surface area contributed by atoms with E-state index in [-0.39, 0.29) is 32.1 Å². The molecule has 0 spiro atoms. The van der Waals surface area contributed by atoms with Crippen LogP contribution in [-0.2, 0) is 32.7 Å². The highest BCUT2D eigenvalue weighted by Gasteiger charge is 2.51. The number of phosphoric acid groups is 1. The SMILES string of the molecule is CC/C=C\C/C=C\C/C=C\C/C=C\C[C@@H](O)[C@H](O)CCCC(=O)O[C@H](COC(=O)CCCCCCCCC/C=C\C/C=C\CCCCC)COP(=O)(O)OC1[C@H](O)[C@H](O)C(O)[C@H](O)[C@H]1O. The van der Waals surface area contributed by atoms with Gasteiger partial charge in [0, 0.05) is 12.8 Å². The van der Waals surface area contributed by atoms with E-state index in [4.69, 9.17) is 18.5 Å². The molecular formula is C49H83O15P. The predicted octanol–water partition coefficient (Wildman–Crippen LogP) is 7.44. The Hall–Kier alpha value is -2.79. The number of aliphatic hydroxyl groups excluding tert-OH is 7. The number of aliphatic hydroxyl groups is 7. The number of carbonyl (C=O) groups is 2. The second-order valence-corrected chi connectivity index (χ2v) is 17.9. The highest BCUT2D eigenvalue weighted by molar-refractivity contribution is 7.47. The van der Waals surface area contributed by atoms with E-state index >= 15 is 0 Å². The average Bonchev–Trinajstić information content (AvgIpc) is 3.28. The van der Waals surface area contributed by atoms with E-state index in [1.807, 2.05) is 18.2 Å². The first-order chi connectivity index (χ1) is 31.2. The van der Waals surface area contributed by atoms with E-state index in [0.717, 1.165) is 77.0 Å². The van der Waals surface area contributed by atoms with Crippen LogP contribution in [0.25, 0.3) is 0 Å². The first-order valence-electron chi connectivity index (χ1n) is 23.9. The summed E-state index contributed by atoms with van der Waals surface area (Å²) in [4.78, 5) is 35.8. The smallest absolute Gasteiger partial charge is 0.462 e. The fourth-order valence-electron chi connectivity index (χ4n) is 6.76. The van der Waals surface area contributed by atoms with Crippen LogP contribution in [0.1, 0.15) is 155 Å². The Kier molecular flexibility index (Phi) is 35.4. The highest BCUT2D eigenvalue weighted by Crippen LogP contribution is 2.47. The molecule has 0 aromatic heterocycles. The van der Waals surface area contributed by atoms with Crippen LogP contribution < -0.4 is 0 Å². The van der Waals surface area contributed by atoms with Crippen molar-refractivity contribution in [3.8, 4) is 0 Å². The molecule has 1 aliphatic carbocycles. The zero-order valence-electron chi connectivity index (χ0n) is 39.0. The summed E-state index contributed by atoms with van der Waals surface area (Å²) in [6.45, 7) is 2.90. The normalized spacial score (nSPS) is 23.0. The third-order valence-corrected chi connectivity index (χ3v) is 11.7. The summed E-state index contributed by atoms with van der Waals surface area (Å²) in [5.41, 5.74) is 0. The van der Waals surface area contributed by atoms with Gasteiger partial charge in [0.2, 0.25) is 0 Å². The first-order valence-corrected chi connectivity index (χ1v) is 25.4. The van der Waals surface area contributed by atoms with Crippen molar-refractivity contribution in [1.29, 1.82) is 0 Å². The van der Waals surface area contributed by atoms with E-state index in [2.05, 4.69) is 62.5 Å². The van der Waals surface area contributed by atoms with Crippen molar-refractivity contribution >= 4 is 19.8 Å². The summed E-state index contributed by atoms with van der Waals surface area (Å²) in [6.07, 6.45) is 26.7. The van der Waals surface area contributed by atoms with Gasteiger partial charge in [-0.25, -0.2) is 4.57 Å². The quantitative estimate of drug-likeness (QED) is 0.0130. The van der Waals surface area contributed by atoms with Crippen LogP contribution in [0.3, 0.4) is 0 Å². The summed E-state index contributed by atoms with van der Waals surface area (Å²) in [5.74, 6) is -1.40. The van der Waals surface area contributed by atoms with Gasteiger partial charge in [0.05, 0.1) is 18.8 Å². The van der Waals surface area contributed by atoms with Gasteiger partial charge in [-0.2, -0.15) is 0 Å². The maximum Gasteiger partial charge on any atom is 0.472 e. The zero-order chi connectivity index (χ0) is 48.1. The lowest BCUT2D eigenvalue weighted by Crippen LogP contribution is -2.64. The summed E-state index contributed by atoms with van der Waals surface area (Å²) in [5, 5.41) is 71.0. The van der Waals surface area contributed by atoms with Crippen LogP contribution in [0.15, 0.2) is 72.9 Å². The van der Waals surface area contributed by atoms with Gasteiger partial charge in [0.15, 0.2) is 6.10 Å². The largest absolute Gasteiger partial charge is 0.472 e. The Balaban J connectivity index is 2.57. The predicted molar refractivity (Wildman–Crippen MR) is 251 cm³/mol. The molecule has 1 saturated carbocycles. The summed E-state index contributed by atoms with van der Waals surface area (Å²) in [6, 6.07) is 0. The molecule has 1 rings (SSSR count). The number of ether oxygens (including phenoxy) is 2. The number of allylic oxidation sites excluding steroid dienone is 11. The van der Waals surface area contributed by atoms with Crippen LogP contribution in [0.4, 0.5) is 0 Å². The summed E-state index contributed by atoms with van der Waals surface area (Å²) in [7, 11) is -5.21. The van der Waals surface area contributed by atoms with Crippen molar-refractivity contribution in [2.75, 3.05) is 13.2 Å². The van der Waals surface area contributed by atoms with E-state index in [1.165, 1.54) is 19.3 Å². The fourth-order valence-corrected chi connectivity index (χ4v) is 7.73. The Morgan fingerprint density at radius 3 is 1.60 bits per heavy atom. The van der Waals surface area contributed by atoms with Crippen molar-refractivity contribution in [1.82, 2.24) is 0 Å². The standard InChI is InChI=1S/C49H83O15P/c1-3-5-7-9-11-13-15-17-18-19-20-21-23-25-27-29-31-35-42(52)61-37-39(38-62-65(59,60)64-49-47(57)45(55)44(54)46(56)48(49)58)63-43(53)36-32-34-41(51)40(50)33-30-28-26-24-22-16-14-12-10-8-6-4-2/h6,8,11-14,17-18,22,24,28,30,39-41,44-51,54-58H,3-5,7,9-10,15-16,19-21,23,25-27,29,31-38H2,1-2H3,(H,59,60)/b8-6-,13-11-,14-12-,18-17-,24-22-,30-28-/t39-,40-,41-,44?,45-,46+,47-,48-,49?/m1/s1. The molecule has 1 aliphatic rings. The van der Waals surface area contributed by atoms with Gasteiger partial charge in [0.25, 0.3) is 0 Å². The molecule has 0 heterocycles. The molecule has 3 unspecified atom stereocenters. The lowest BCUT2D eigenvalue weighted by Gasteiger charge is -2.41. The van der Waals surface area contributed by atoms with Crippen LogP contribution in [0.2, 0.25) is 0 Å². The minimum atomic E-state index is -5.21. The molecule has 0 bridgehead atoms. The number of esters is 2. The van der Waals surface area contributed by atoms with Gasteiger partial charge in [0.1, 0.15) is 43.2 Å². The van der Waals surface area contributed by atoms with Gasteiger partial charge >= 0.3 is 19.8 Å². The number of unbranched alkanes of at least 4 members (excludes halogenated alkanes) is 10. The van der Waals surface area contributed by atoms with Gasteiger partial charge in [-0.1, -0.05) is 132 Å². The average molecular weight is 943 g/mol. The van der Waals surface area contributed by atoms with Gasteiger partial charge < -0.3 is 50.1 Å². The summed E-state index contributed by atoms with van der Waals surface area (Å²) >= 11 is 0. The number of rotatable bonds is 38. The molecule has 10 atom stereocenters. The van der Waals surface area contributed by atoms with E-state index in [0.29, 0.717) is 12.8 Å². The van der Waals surface area contributed by atoms with Crippen LogP contribution in [0, 0.1) is 0 Å². The van der Waals surface area contributed by atoms with E-state index in [9.17, 15) is 54.8 Å². The first kappa shape index (κ1) is 60.2. The minimum Gasteiger partial charge on any atom is -0.462 e. The Labute approximate surface area is 388 Å². The second-order valence-electron chi connectivity index (χ2n) is 16.5. The molecule has 0 radical (unpaired) electrons. The summed E-state index contributed by atoms with van der Waals surface area (Å²) < 4.78 is 33.4. The van der Waals surface area contributed by atoms with Crippen LogP contribution >= 0.6 is 7.82 Å². The molecule has 8 N–H and O–H groups in total. The van der Waals surface area contributed by atoms with Crippen LogP contribution in [-0.4, -0.2) is 121 Å².